The molecule has 1 atom stereocenters. The SMILES string of the molecule is COc1cccc(CN(C(=O)CN(c2ccc(Oc3ccccc3)cc2)S(=O)(=O)c2ccccc2)C(Cc2ccccc2)C(=O)NC2CCCCC2)c1. The van der Waals surface area contributed by atoms with Crippen LogP contribution in [0.5, 0.6) is 17.2 Å². The molecular weight excluding hydrogens is 687 g/mol. The Morgan fingerprint density at radius 2 is 1.30 bits per heavy atom. The minimum absolute atomic E-state index is 0.00914. The van der Waals surface area contributed by atoms with E-state index >= 15 is 0 Å². The van der Waals surface area contributed by atoms with Gasteiger partial charge in [-0.25, -0.2) is 8.42 Å². The predicted molar refractivity (Wildman–Crippen MR) is 206 cm³/mol. The van der Waals surface area contributed by atoms with Crippen molar-refractivity contribution in [3.63, 3.8) is 0 Å². The third kappa shape index (κ3) is 9.84. The van der Waals surface area contributed by atoms with Gasteiger partial charge in [0, 0.05) is 19.0 Å². The Bertz CT molecular complexity index is 2040. The molecule has 1 aliphatic rings. The summed E-state index contributed by atoms with van der Waals surface area (Å²) in [6, 6.07) is 39.9. The number of carbonyl (C=O) groups is 2. The first-order valence-corrected chi connectivity index (χ1v) is 19.4. The lowest BCUT2D eigenvalue weighted by Crippen LogP contribution is -2.55. The number of hydrogen-bond acceptors (Lipinski definition) is 6. The summed E-state index contributed by atoms with van der Waals surface area (Å²) in [7, 11) is -2.67. The van der Waals surface area contributed by atoms with Gasteiger partial charge in [0.05, 0.1) is 17.7 Å². The van der Waals surface area contributed by atoms with Crippen LogP contribution in [0.15, 0.2) is 144 Å². The van der Waals surface area contributed by atoms with Crippen molar-refractivity contribution in [1.82, 2.24) is 10.2 Å². The number of amides is 2. The van der Waals surface area contributed by atoms with E-state index in [-0.39, 0.29) is 35.5 Å². The smallest absolute Gasteiger partial charge is 0.264 e. The molecule has 1 aliphatic carbocycles. The lowest BCUT2D eigenvalue weighted by Gasteiger charge is -2.35. The molecule has 53 heavy (non-hydrogen) atoms. The van der Waals surface area contributed by atoms with E-state index in [0.717, 1.165) is 47.5 Å². The summed E-state index contributed by atoms with van der Waals surface area (Å²) in [6.45, 7) is -0.503. The molecule has 9 nitrogen and oxygen atoms in total. The summed E-state index contributed by atoms with van der Waals surface area (Å²) in [5.41, 5.74) is 1.89. The predicted octanol–water partition coefficient (Wildman–Crippen LogP) is 7.77. The van der Waals surface area contributed by atoms with E-state index in [1.54, 1.807) is 49.6 Å². The maximum atomic E-state index is 14.9. The molecule has 5 aromatic carbocycles. The molecular formula is C43H45N3O6S. The van der Waals surface area contributed by atoms with Crippen LogP contribution in [-0.2, 0) is 32.6 Å². The molecule has 0 spiro atoms. The number of para-hydroxylation sites is 1. The Balaban J connectivity index is 1.38. The minimum Gasteiger partial charge on any atom is -0.497 e. The van der Waals surface area contributed by atoms with Crippen molar-refractivity contribution in [2.45, 2.75) is 62.0 Å². The zero-order valence-electron chi connectivity index (χ0n) is 29.8. The minimum atomic E-state index is -4.24. The molecule has 0 saturated heterocycles. The molecule has 0 aliphatic heterocycles. The quantitative estimate of drug-likeness (QED) is 0.118. The van der Waals surface area contributed by atoms with E-state index in [1.807, 2.05) is 84.9 Å². The maximum absolute atomic E-state index is 14.9. The van der Waals surface area contributed by atoms with Crippen LogP contribution in [-0.4, -0.2) is 50.9 Å². The zero-order chi connectivity index (χ0) is 37.0. The highest BCUT2D eigenvalue weighted by atomic mass is 32.2. The number of carbonyl (C=O) groups excluding carboxylic acids is 2. The maximum Gasteiger partial charge on any atom is 0.264 e. The van der Waals surface area contributed by atoms with Gasteiger partial charge in [0.2, 0.25) is 11.8 Å². The van der Waals surface area contributed by atoms with Crippen LogP contribution in [0.3, 0.4) is 0 Å². The van der Waals surface area contributed by atoms with Crippen LogP contribution in [0.25, 0.3) is 0 Å². The zero-order valence-corrected chi connectivity index (χ0v) is 30.7. The molecule has 1 fully saturated rings. The molecule has 274 valence electrons. The van der Waals surface area contributed by atoms with Gasteiger partial charge in [-0.05, 0) is 84.6 Å². The van der Waals surface area contributed by atoms with Gasteiger partial charge in [0.1, 0.15) is 29.8 Å². The second-order valence-electron chi connectivity index (χ2n) is 13.2. The Morgan fingerprint density at radius 1 is 0.717 bits per heavy atom. The van der Waals surface area contributed by atoms with Gasteiger partial charge >= 0.3 is 0 Å². The van der Waals surface area contributed by atoms with Crippen molar-refractivity contribution in [1.29, 1.82) is 0 Å². The number of benzene rings is 5. The molecule has 6 rings (SSSR count). The van der Waals surface area contributed by atoms with Gasteiger partial charge in [-0.3, -0.25) is 13.9 Å². The van der Waals surface area contributed by atoms with Gasteiger partial charge in [-0.1, -0.05) is 98.1 Å². The molecule has 0 aromatic heterocycles. The molecule has 1 unspecified atom stereocenters. The van der Waals surface area contributed by atoms with Crippen LogP contribution < -0.4 is 19.1 Å². The summed E-state index contributed by atoms with van der Waals surface area (Å²) in [5, 5.41) is 3.25. The number of rotatable bonds is 15. The molecule has 1 N–H and O–H groups in total. The number of nitrogens with zero attached hydrogens (tertiary/aromatic N) is 2. The molecule has 5 aromatic rings. The number of anilines is 1. The number of nitrogens with one attached hydrogen (secondary N) is 1. The van der Waals surface area contributed by atoms with Crippen LogP contribution in [0.1, 0.15) is 43.2 Å². The van der Waals surface area contributed by atoms with E-state index in [1.165, 1.54) is 17.0 Å². The van der Waals surface area contributed by atoms with Gasteiger partial charge in [0.15, 0.2) is 0 Å². The van der Waals surface area contributed by atoms with Crippen molar-refractivity contribution in [2.75, 3.05) is 18.0 Å². The summed E-state index contributed by atoms with van der Waals surface area (Å²) >= 11 is 0. The third-order valence-corrected chi connectivity index (χ3v) is 11.2. The molecule has 0 bridgehead atoms. The second-order valence-corrected chi connectivity index (χ2v) is 15.0. The Kier molecular flexibility index (Phi) is 12.4. The first kappa shape index (κ1) is 37.2. The summed E-state index contributed by atoms with van der Waals surface area (Å²) in [6.07, 6.45) is 5.18. The van der Waals surface area contributed by atoms with Crippen molar-refractivity contribution >= 4 is 27.5 Å². The molecule has 10 heteroatoms. The number of ether oxygens (including phenoxy) is 2. The number of hydrogen-bond donors (Lipinski definition) is 1. The topological polar surface area (TPSA) is 105 Å². The molecule has 0 radical (unpaired) electrons. The van der Waals surface area contributed by atoms with Crippen molar-refractivity contribution in [3.8, 4) is 17.2 Å². The van der Waals surface area contributed by atoms with E-state index in [0.29, 0.717) is 17.2 Å². The average Bonchev–Trinajstić information content (AvgIpc) is 3.20. The van der Waals surface area contributed by atoms with E-state index in [2.05, 4.69) is 5.32 Å². The molecule has 2 amide bonds. The van der Waals surface area contributed by atoms with Crippen LogP contribution >= 0.6 is 0 Å². The fourth-order valence-electron chi connectivity index (χ4n) is 6.62. The fraction of sp³-hybridized carbons (Fsp3) is 0.256. The van der Waals surface area contributed by atoms with Crippen molar-refractivity contribution < 1.29 is 27.5 Å². The summed E-state index contributed by atoms with van der Waals surface area (Å²) in [4.78, 5) is 30.8. The Morgan fingerprint density at radius 3 is 1.96 bits per heavy atom. The third-order valence-electron chi connectivity index (χ3n) is 9.42. The van der Waals surface area contributed by atoms with Crippen LogP contribution in [0.2, 0.25) is 0 Å². The second kappa shape index (κ2) is 17.7. The van der Waals surface area contributed by atoms with Gasteiger partial charge < -0.3 is 19.7 Å². The first-order valence-electron chi connectivity index (χ1n) is 18.0. The normalized spacial score (nSPS) is 13.8. The monoisotopic (exact) mass is 731 g/mol. The number of sulfonamides is 1. The largest absolute Gasteiger partial charge is 0.497 e. The highest BCUT2D eigenvalue weighted by Gasteiger charge is 2.35. The number of methoxy groups -OCH3 is 1. The Labute approximate surface area is 312 Å². The standard InChI is InChI=1S/C43H45N3O6S/c1-51-39-22-14-17-34(29-39)31-45(41(30-33-15-6-2-7-16-33)43(48)44-35-18-8-3-9-19-35)42(47)32-46(53(49,50)40-23-12-5-13-24-40)36-25-27-38(28-26-36)52-37-20-10-4-11-21-37/h2,4-7,10-17,20-29,35,41H,3,8-9,18-19,30-32H2,1H3,(H,44,48). The summed E-state index contributed by atoms with van der Waals surface area (Å²) < 4.78 is 41.3. The van der Waals surface area contributed by atoms with Crippen LogP contribution in [0, 0.1) is 0 Å². The first-order chi connectivity index (χ1) is 25.8. The van der Waals surface area contributed by atoms with Crippen LogP contribution in [0.4, 0.5) is 5.69 Å². The summed E-state index contributed by atoms with van der Waals surface area (Å²) in [5.74, 6) is 0.944. The van der Waals surface area contributed by atoms with E-state index in [4.69, 9.17) is 9.47 Å². The fourth-order valence-corrected chi connectivity index (χ4v) is 8.05. The lowest BCUT2D eigenvalue weighted by atomic mass is 9.94. The Hall–Kier alpha value is -5.61. The molecule has 0 heterocycles. The highest BCUT2D eigenvalue weighted by molar-refractivity contribution is 7.92. The van der Waals surface area contributed by atoms with E-state index in [9.17, 15) is 18.0 Å². The van der Waals surface area contributed by atoms with Gasteiger partial charge in [0.25, 0.3) is 10.0 Å². The lowest BCUT2D eigenvalue weighted by molar-refractivity contribution is -0.140. The van der Waals surface area contributed by atoms with E-state index < -0.39 is 28.5 Å². The molecule has 1 saturated carbocycles. The highest BCUT2D eigenvalue weighted by Crippen LogP contribution is 2.29. The van der Waals surface area contributed by atoms with Crippen molar-refractivity contribution in [2.24, 2.45) is 0 Å². The van der Waals surface area contributed by atoms with Crippen molar-refractivity contribution in [3.05, 3.63) is 151 Å². The van der Waals surface area contributed by atoms with Gasteiger partial charge in [-0.2, -0.15) is 0 Å². The average molecular weight is 732 g/mol. The van der Waals surface area contributed by atoms with Gasteiger partial charge in [-0.15, -0.1) is 0 Å².